The molecule has 0 radical (unpaired) electrons. The van der Waals surface area contributed by atoms with Gasteiger partial charge in [-0.05, 0) is 41.8 Å². The van der Waals surface area contributed by atoms with Crippen molar-refractivity contribution in [2.75, 3.05) is 24.4 Å². The van der Waals surface area contributed by atoms with Gasteiger partial charge in [0.05, 0.1) is 25.5 Å². The van der Waals surface area contributed by atoms with Gasteiger partial charge < -0.3 is 14.8 Å². The number of halogens is 1. The molecule has 8 heteroatoms. The molecule has 2 heterocycles. The predicted octanol–water partition coefficient (Wildman–Crippen LogP) is 4.30. The van der Waals surface area contributed by atoms with Crippen LogP contribution in [0.25, 0.3) is 5.57 Å². The van der Waals surface area contributed by atoms with Crippen molar-refractivity contribution in [3.05, 3.63) is 76.4 Å². The molecule has 2 aromatic carbocycles. The van der Waals surface area contributed by atoms with E-state index in [0.29, 0.717) is 27.8 Å². The Morgan fingerprint density at radius 1 is 0.933 bits per heavy atom. The number of hydrogen-bond acceptors (Lipinski definition) is 6. The highest BCUT2D eigenvalue weighted by molar-refractivity contribution is 7.11. The first kappa shape index (κ1) is 19.7. The van der Waals surface area contributed by atoms with Crippen LogP contribution in [0.2, 0.25) is 0 Å². The van der Waals surface area contributed by atoms with E-state index in [1.807, 2.05) is 5.38 Å². The van der Waals surface area contributed by atoms with E-state index >= 15 is 0 Å². The first-order chi connectivity index (χ1) is 14.5. The van der Waals surface area contributed by atoms with Gasteiger partial charge in [0.1, 0.15) is 11.5 Å². The summed E-state index contributed by atoms with van der Waals surface area (Å²) in [5.41, 5.74) is 1.03. The van der Waals surface area contributed by atoms with E-state index in [1.165, 1.54) is 43.8 Å². The first-order valence-electron chi connectivity index (χ1n) is 8.95. The molecule has 0 bridgehead atoms. The second kappa shape index (κ2) is 8.00. The number of benzene rings is 2. The number of anilines is 2. The topological polar surface area (TPSA) is 67.9 Å². The fraction of sp³-hybridized carbons (Fsp3) is 0.0909. The van der Waals surface area contributed by atoms with Crippen LogP contribution < -0.4 is 19.7 Å². The number of ether oxygens (including phenoxy) is 2. The Kier molecular flexibility index (Phi) is 5.24. The molecule has 1 aliphatic rings. The number of hydrogen-bond donors (Lipinski definition) is 1. The van der Waals surface area contributed by atoms with Gasteiger partial charge in [-0.25, -0.2) is 9.29 Å². The van der Waals surface area contributed by atoms with Crippen molar-refractivity contribution in [1.29, 1.82) is 0 Å². The third kappa shape index (κ3) is 3.42. The molecular weight excluding hydrogens is 407 g/mol. The fourth-order valence-corrected chi connectivity index (χ4v) is 3.97. The van der Waals surface area contributed by atoms with E-state index < -0.39 is 17.6 Å². The Hall–Kier alpha value is -3.65. The smallest absolute Gasteiger partial charge is 0.282 e. The van der Waals surface area contributed by atoms with Crippen LogP contribution in [0, 0.1) is 5.82 Å². The molecule has 0 spiro atoms. The monoisotopic (exact) mass is 424 g/mol. The van der Waals surface area contributed by atoms with Gasteiger partial charge in [0.25, 0.3) is 11.8 Å². The van der Waals surface area contributed by atoms with Crippen molar-refractivity contribution in [3.8, 4) is 11.5 Å². The van der Waals surface area contributed by atoms with Gasteiger partial charge in [0.15, 0.2) is 11.5 Å². The number of rotatable bonds is 6. The number of amides is 2. The lowest BCUT2D eigenvalue weighted by Crippen LogP contribution is -2.32. The van der Waals surface area contributed by atoms with Crippen molar-refractivity contribution in [3.63, 3.8) is 0 Å². The van der Waals surface area contributed by atoms with Crippen molar-refractivity contribution in [2.24, 2.45) is 0 Å². The maximum atomic E-state index is 13.6. The minimum absolute atomic E-state index is 0.0860. The number of thiophene rings is 1. The number of nitrogens with zero attached hydrogens (tertiary/aromatic N) is 1. The molecule has 0 saturated heterocycles. The highest BCUT2D eigenvalue weighted by Crippen LogP contribution is 2.38. The van der Waals surface area contributed by atoms with Crippen molar-refractivity contribution in [2.45, 2.75) is 0 Å². The molecule has 1 N–H and O–H groups in total. The minimum atomic E-state index is -0.542. The summed E-state index contributed by atoms with van der Waals surface area (Å²) in [6.07, 6.45) is 0. The third-order valence-corrected chi connectivity index (χ3v) is 5.46. The molecule has 0 aliphatic carbocycles. The molecule has 1 aliphatic heterocycles. The van der Waals surface area contributed by atoms with E-state index in [4.69, 9.17) is 9.47 Å². The Morgan fingerprint density at radius 3 is 2.40 bits per heavy atom. The molecule has 0 fully saturated rings. The summed E-state index contributed by atoms with van der Waals surface area (Å²) in [5, 5.41) is 4.75. The number of methoxy groups -OCH3 is 2. The average molecular weight is 424 g/mol. The number of nitrogens with one attached hydrogen (secondary N) is 1. The van der Waals surface area contributed by atoms with E-state index in [1.54, 1.807) is 36.4 Å². The van der Waals surface area contributed by atoms with Crippen LogP contribution >= 0.6 is 11.3 Å². The van der Waals surface area contributed by atoms with Crippen molar-refractivity contribution in [1.82, 2.24) is 0 Å². The SMILES string of the molecule is COc1ccc(N2C(=O)C(Nc3cccc(F)c3)=C(c3cccs3)C2=O)cc1OC. The Morgan fingerprint density at radius 2 is 1.73 bits per heavy atom. The van der Waals surface area contributed by atoms with Crippen molar-refractivity contribution < 1.29 is 23.5 Å². The van der Waals surface area contributed by atoms with E-state index in [0.717, 1.165) is 4.90 Å². The molecule has 152 valence electrons. The zero-order valence-electron chi connectivity index (χ0n) is 16.1. The van der Waals surface area contributed by atoms with Crippen LogP contribution in [0.4, 0.5) is 15.8 Å². The Balaban J connectivity index is 1.79. The van der Waals surface area contributed by atoms with Gasteiger partial charge >= 0.3 is 0 Å². The lowest BCUT2D eigenvalue weighted by molar-refractivity contribution is -0.120. The second-order valence-corrected chi connectivity index (χ2v) is 7.30. The van der Waals surface area contributed by atoms with Crippen LogP contribution in [-0.2, 0) is 9.59 Å². The zero-order valence-corrected chi connectivity index (χ0v) is 17.0. The molecule has 2 amide bonds. The van der Waals surface area contributed by atoms with Gasteiger partial charge in [-0.1, -0.05) is 12.1 Å². The van der Waals surface area contributed by atoms with Crippen LogP contribution in [0.5, 0.6) is 11.5 Å². The zero-order chi connectivity index (χ0) is 21.3. The van der Waals surface area contributed by atoms with Gasteiger partial charge in [-0.3, -0.25) is 9.59 Å². The highest BCUT2D eigenvalue weighted by Gasteiger charge is 2.41. The Labute approximate surface area is 176 Å². The quantitative estimate of drug-likeness (QED) is 0.598. The summed E-state index contributed by atoms with van der Waals surface area (Å²) in [5.74, 6) is -0.607. The molecule has 4 rings (SSSR count). The highest BCUT2D eigenvalue weighted by atomic mass is 32.1. The molecule has 30 heavy (non-hydrogen) atoms. The van der Waals surface area contributed by atoms with Crippen LogP contribution in [0.1, 0.15) is 4.88 Å². The molecule has 0 atom stereocenters. The normalized spacial score (nSPS) is 13.8. The Bertz CT molecular complexity index is 1160. The number of carbonyl (C=O) groups is 2. The first-order valence-corrected chi connectivity index (χ1v) is 9.83. The summed E-state index contributed by atoms with van der Waals surface area (Å²) in [4.78, 5) is 28.3. The number of carbonyl (C=O) groups excluding carboxylic acids is 2. The van der Waals surface area contributed by atoms with Gasteiger partial charge in [0.2, 0.25) is 0 Å². The molecule has 0 unspecified atom stereocenters. The lowest BCUT2D eigenvalue weighted by atomic mass is 10.2. The maximum absolute atomic E-state index is 13.6. The van der Waals surface area contributed by atoms with E-state index in [-0.39, 0.29) is 11.3 Å². The molecule has 3 aromatic rings. The van der Waals surface area contributed by atoms with Crippen molar-refractivity contribution >= 4 is 40.1 Å². The van der Waals surface area contributed by atoms with Gasteiger partial charge in [-0.15, -0.1) is 11.3 Å². The molecule has 1 aromatic heterocycles. The second-order valence-electron chi connectivity index (χ2n) is 6.35. The largest absolute Gasteiger partial charge is 0.493 e. The van der Waals surface area contributed by atoms with Gasteiger partial charge in [-0.2, -0.15) is 0 Å². The summed E-state index contributed by atoms with van der Waals surface area (Å²) < 4.78 is 24.2. The predicted molar refractivity (Wildman–Crippen MR) is 113 cm³/mol. The van der Waals surface area contributed by atoms with Crippen LogP contribution in [0.15, 0.2) is 65.7 Å². The summed E-state index contributed by atoms with van der Waals surface area (Å²) >= 11 is 1.34. The maximum Gasteiger partial charge on any atom is 0.282 e. The molecule has 0 saturated carbocycles. The molecular formula is C22H17FN2O4S. The summed E-state index contributed by atoms with van der Waals surface area (Å²) in [6, 6.07) is 14.1. The van der Waals surface area contributed by atoms with E-state index in [9.17, 15) is 14.0 Å². The molecule has 6 nitrogen and oxygen atoms in total. The fourth-order valence-electron chi connectivity index (χ4n) is 3.20. The van der Waals surface area contributed by atoms with E-state index in [2.05, 4.69) is 5.32 Å². The van der Waals surface area contributed by atoms with Crippen LogP contribution in [0.3, 0.4) is 0 Å². The minimum Gasteiger partial charge on any atom is -0.493 e. The lowest BCUT2D eigenvalue weighted by Gasteiger charge is -2.17. The third-order valence-electron chi connectivity index (χ3n) is 4.57. The standard InChI is InChI=1S/C22H17FN2O4S/c1-28-16-9-8-15(12-17(16)29-2)25-21(26)19(18-7-4-10-30-18)20(22(25)27)24-14-6-3-5-13(23)11-14/h3-12,24H,1-2H3. The number of imide groups is 1. The summed E-state index contributed by atoms with van der Waals surface area (Å²) in [7, 11) is 2.97. The summed E-state index contributed by atoms with van der Waals surface area (Å²) in [6.45, 7) is 0. The van der Waals surface area contributed by atoms with Gasteiger partial charge in [0, 0.05) is 16.6 Å². The van der Waals surface area contributed by atoms with Crippen LogP contribution in [-0.4, -0.2) is 26.0 Å². The average Bonchev–Trinajstić information content (AvgIpc) is 3.34.